The van der Waals surface area contributed by atoms with Crippen LogP contribution in [-0.4, -0.2) is 11.0 Å². The third-order valence-electron chi connectivity index (χ3n) is 3.07. The van der Waals surface area contributed by atoms with Crippen LogP contribution in [0.15, 0.2) is 36.4 Å². The summed E-state index contributed by atoms with van der Waals surface area (Å²) < 4.78 is 27.2. The van der Waals surface area contributed by atoms with Gasteiger partial charge in [0, 0.05) is 11.1 Å². The number of phenolic OH excluding ortho intramolecular Hbond substituents is 1. The quantitative estimate of drug-likeness (QED) is 0.601. The predicted octanol–water partition coefficient (Wildman–Crippen LogP) is 2.74. The molecule has 1 unspecified atom stereocenters. The summed E-state index contributed by atoms with van der Waals surface area (Å²) in [5.41, 5.74) is 5.51. The fourth-order valence-electron chi connectivity index (χ4n) is 1.96. The van der Waals surface area contributed by atoms with E-state index in [1.165, 1.54) is 31.2 Å². The molecular weight excluding hydrogens is 278 g/mol. The van der Waals surface area contributed by atoms with Crippen molar-refractivity contribution in [3.8, 4) is 5.75 Å². The van der Waals surface area contributed by atoms with Gasteiger partial charge in [0.05, 0.1) is 11.7 Å². The first-order valence-electron chi connectivity index (χ1n) is 6.23. The lowest BCUT2D eigenvalue weighted by atomic mass is 10.1. The standard InChI is InChI=1S/C15H14F2N2O2/c1-8(14-10(16)3-2-4-11(14)17)19-15(21)9-5-6-12(18)13(20)7-9/h2-8,20H,18H2,1H3,(H,19,21). The third kappa shape index (κ3) is 3.10. The summed E-state index contributed by atoms with van der Waals surface area (Å²) in [4.78, 5) is 12.0. The molecule has 0 aliphatic carbocycles. The summed E-state index contributed by atoms with van der Waals surface area (Å²) in [6.07, 6.45) is 0. The first kappa shape index (κ1) is 14.8. The van der Waals surface area contributed by atoms with Crippen LogP contribution in [-0.2, 0) is 0 Å². The van der Waals surface area contributed by atoms with Gasteiger partial charge in [-0.15, -0.1) is 0 Å². The molecule has 0 spiro atoms. The monoisotopic (exact) mass is 292 g/mol. The maximum atomic E-state index is 13.6. The molecule has 0 aliphatic heterocycles. The van der Waals surface area contributed by atoms with E-state index in [-0.39, 0.29) is 22.6 Å². The molecule has 21 heavy (non-hydrogen) atoms. The number of hydrogen-bond acceptors (Lipinski definition) is 3. The van der Waals surface area contributed by atoms with Crippen molar-refractivity contribution in [2.45, 2.75) is 13.0 Å². The second-order valence-electron chi connectivity index (χ2n) is 4.60. The molecule has 2 aromatic carbocycles. The maximum Gasteiger partial charge on any atom is 0.251 e. The fraction of sp³-hybridized carbons (Fsp3) is 0.133. The van der Waals surface area contributed by atoms with E-state index in [9.17, 15) is 18.7 Å². The highest BCUT2D eigenvalue weighted by Crippen LogP contribution is 2.23. The normalized spacial score (nSPS) is 12.0. The Labute approximate surface area is 120 Å². The average Bonchev–Trinajstić information content (AvgIpc) is 2.41. The van der Waals surface area contributed by atoms with Gasteiger partial charge in [-0.1, -0.05) is 6.07 Å². The van der Waals surface area contributed by atoms with Crippen molar-refractivity contribution in [2.75, 3.05) is 5.73 Å². The molecule has 0 fully saturated rings. The number of amides is 1. The van der Waals surface area contributed by atoms with Gasteiger partial charge < -0.3 is 16.2 Å². The Bertz CT molecular complexity index is 669. The van der Waals surface area contributed by atoms with Gasteiger partial charge in [0.1, 0.15) is 17.4 Å². The molecular formula is C15H14F2N2O2. The summed E-state index contributed by atoms with van der Waals surface area (Å²) in [6, 6.07) is 6.61. The molecule has 1 atom stereocenters. The van der Waals surface area contributed by atoms with Gasteiger partial charge in [-0.05, 0) is 37.3 Å². The molecule has 0 saturated carbocycles. The number of carbonyl (C=O) groups excluding carboxylic acids is 1. The number of aromatic hydroxyl groups is 1. The lowest BCUT2D eigenvalue weighted by molar-refractivity contribution is 0.0938. The second-order valence-corrected chi connectivity index (χ2v) is 4.60. The van der Waals surface area contributed by atoms with Crippen LogP contribution in [0.3, 0.4) is 0 Å². The molecule has 2 aromatic rings. The summed E-state index contributed by atoms with van der Waals surface area (Å²) >= 11 is 0. The number of hydrogen-bond donors (Lipinski definition) is 3. The van der Waals surface area contributed by atoms with Gasteiger partial charge >= 0.3 is 0 Å². The van der Waals surface area contributed by atoms with Gasteiger partial charge in [0.15, 0.2) is 0 Å². The SMILES string of the molecule is CC(NC(=O)c1ccc(N)c(O)c1)c1c(F)cccc1F. The van der Waals surface area contributed by atoms with E-state index in [2.05, 4.69) is 5.32 Å². The van der Waals surface area contributed by atoms with Crippen LogP contribution >= 0.6 is 0 Å². The maximum absolute atomic E-state index is 13.6. The first-order valence-corrected chi connectivity index (χ1v) is 6.23. The van der Waals surface area contributed by atoms with Crippen LogP contribution < -0.4 is 11.1 Å². The topological polar surface area (TPSA) is 75.4 Å². The molecule has 0 radical (unpaired) electrons. The fourth-order valence-corrected chi connectivity index (χ4v) is 1.96. The van der Waals surface area contributed by atoms with E-state index in [1.54, 1.807) is 0 Å². The van der Waals surface area contributed by atoms with E-state index >= 15 is 0 Å². The number of nitrogens with one attached hydrogen (secondary N) is 1. The van der Waals surface area contributed by atoms with Crippen LogP contribution in [0.2, 0.25) is 0 Å². The lowest BCUT2D eigenvalue weighted by Gasteiger charge is -2.16. The second kappa shape index (κ2) is 5.78. The largest absolute Gasteiger partial charge is 0.506 e. The Morgan fingerprint density at radius 1 is 1.24 bits per heavy atom. The van der Waals surface area contributed by atoms with Crippen molar-refractivity contribution < 1.29 is 18.7 Å². The number of carbonyl (C=O) groups is 1. The zero-order valence-electron chi connectivity index (χ0n) is 11.2. The molecule has 0 saturated heterocycles. The summed E-state index contributed by atoms with van der Waals surface area (Å²) in [7, 11) is 0. The summed E-state index contributed by atoms with van der Waals surface area (Å²) in [6.45, 7) is 1.47. The summed E-state index contributed by atoms with van der Waals surface area (Å²) in [5.74, 6) is -2.27. The van der Waals surface area contributed by atoms with Crippen molar-refractivity contribution in [3.63, 3.8) is 0 Å². The molecule has 0 aliphatic rings. The Balaban J connectivity index is 2.21. The number of nitrogens with two attached hydrogens (primary N) is 1. The minimum atomic E-state index is -0.863. The number of benzene rings is 2. The molecule has 1 amide bonds. The number of halogens is 2. The highest BCUT2D eigenvalue weighted by Gasteiger charge is 2.18. The van der Waals surface area contributed by atoms with Gasteiger partial charge in [0.25, 0.3) is 5.91 Å². The molecule has 4 N–H and O–H groups in total. The molecule has 0 aromatic heterocycles. The molecule has 0 bridgehead atoms. The minimum absolute atomic E-state index is 0.139. The average molecular weight is 292 g/mol. The van der Waals surface area contributed by atoms with Crippen LogP contribution in [0.5, 0.6) is 5.75 Å². The Morgan fingerprint density at radius 2 is 1.86 bits per heavy atom. The molecule has 2 rings (SSSR count). The zero-order chi connectivity index (χ0) is 15.6. The Hall–Kier alpha value is -2.63. The van der Waals surface area contributed by atoms with Crippen molar-refractivity contribution in [1.82, 2.24) is 5.32 Å². The van der Waals surface area contributed by atoms with E-state index < -0.39 is 23.6 Å². The third-order valence-corrected chi connectivity index (χ3v) is 3.07. The lowest BCUT2D eigenvalue weighted by Crippen LogP contribution is -2.28. The number of rotatable bonds is 3. The van der Waals surface area contributed by atoms with Crippen LogP contribution in [0.4, 0.5) is 14.5 Å². The number of nitrogen functional groups attached to an aromatic ring is 1. The van der Waals surface area contributed by atoms with Gasteiger partial charge in [-0.2, -0.15) is 0 Å². The van der Waals surface area contributed by atoms with Crippen molar-refractivity contribution in [2.24, 2.45) is 0 Å². The van der Waals surface area contributed by atoms with Crippen molar-refractivity contribution in [1.29, 1.82) is 0 Å². The van der Waals surface area contributed by atoms with E-state index in [1.807, 2.05) is 0 Å². The summed E-state index contributed by atoms with van der Waals surface area (Å²) in [5, 5.41) is 11.9. The molecule has 4 nitrogen and oxygen atoms in total. The van der Waals surface area contributed by atoms with Crippen LogP contribution in [0.25, 0.3) is 0 Å². The van der Waals surface area contributed by atoms with Gasteiger partial charge in [-0.25, -0.2) is 8.78 Å². The van der Waals surface area contributed by atoms with E-state index in [4.69, 9.17) is 5.73 Å². The Morgan fingerprint density at radius 3 is 2.43 bits per heavy atom. The van der Waals surface area contributed by atoms with Gasteiger partial charge in [-0.3, -0.25) is 4.79 Å². The highest BCUT2D eigenvalue weighted by molar-refractivity contribution is 5.95. The molecule has 110 valence electrons. The van der Waals surface area contributed by atoms with Crippen LogP contribution in [0.1, 0.15) is 28.9 Å². The van der Waals surface area contributed by atoms with Crippen molar-refractivity contribution in [3.05, 3.63) is 59.2 Å². The highest BCUT2D eigenvalue weighted by atomic mass is 19.1. The van der Waals surface area contributed by atoms with E-state index in [0.717, 1.165) is 12.1 Å². The molecule has 0 heterocycles. The van der Waals surface area contributed by atoms with Crippen LogP contribution in [0, 0.1) is 11.6 Å². The molecule has 6 heteroatoms. The van der Waals surface area contributed by atoms with Gasteiger partial charge in [0.2, 0.25) is 0 Å². The zero-order valence-corrected chi connectivity index (χ0v) is 11.2. The number of phenols is 1. The first-order chi connectivity index (χ1) is 9.90. The Kier molecular flexibility index (Phi) is 4.07. The smallest absolute Gasteiger partial charge is 0.251 e. The van der Waals surface area contributed by atoms with E-state index in [0.29, 0.717) is 0 Å². The predicted molar refractivity (Wildman–Crippen MR) is 74.8 cm³/mol. The number of anilines is 1. The minimum Gasteiger partial charge on any atom is -0.506 e. The van der Waals surface area contributed by atoms with Crippen molar-refractivity contribution >= 4 is 11.6 Å².